The predicted molar refractivity (Wildman–Crippen MR) is 104 cm³/mol. The van der Waals surface area contributed by atoms with Gasteiger partial charge in [-0.1, -0.05) is 59.8 Å². The molecular formula is C22H26N2O2. The van der Waals surface area contributed by atoms with Crippen molar-refractivity contribution < 1.29 is 4.79 Å². The molecule has 2 unspecified atom stereocenters. The first kappa shape index (κ1) is 18.3. The quantitative estimate of drug-likeness (QED) is 0.719. The molecule has 0 spiro atoms. The third-order valence-electron chi connectivity index (χ3n) is 5.59. The summed E-state index contributed by atoms with van der Waals surface area (Å²) in [6, 6.07) is 18.4. The molecule has 0 aliphatic carbocycles. The van der Waals surface area contributed by atoms with E-state index in [1.807, 2.05) is 31.3 Å². The number of likely N-dealkylation sites (tertiary alicyclic amines) is 1. The van der Waals surface area contributed by atoms with Crippen LogP contribution in [-0.4, -0.2) is 30.4 Å². The van der Waals surface area contributed by atoms with E-state index in [-0.39, 0.29) is 23.8 Å². The van der Waals surface area contributed by atoms with Gasteiger partial charge in [-0.25, -0.2) is 0 Å². The predicted octanol–water partition coefficient (Wildman–Crippen LogP) is 4.52. The molecule has 26 heavy (non-hydrogen) atoms. The molecule has 3 rings (SSSR count). The highest BCUT2D eigenvalue weighted by molar-refractivity contribution is 5.76. The van der Waals surface area contributed by atoms with Gasteiger partial charge < -0.3 is 4.90 Å². The second-order valence-corrected chi connectivity index (χ2v) is 7.30. The van der Waals surface area contributed by atoms with E-state index in [0.717, 1.165) is 6.42 Å². The van der Waals surface area contributed by atoms with Crippen LogP contribution in [0.1, 0.15) is 41.9 Å². The maximum atomic E-state index is 11.8. The van der Waals surface area contributed by atoms with Crippen LogP contribution in [0.5, 0.6) is 0 Å². The number of carbonyl (C=O) groups is 1. The highest BCUT2D eigenvalue weighted by Crippen LogP contribution is 2.35. The zero-order chi connectivity index (χ0) is 18.5. The first-order valence-electron chi connectivity index (χ1n) is 9.27. The van der Waals surface area contributed by atoms with Crippen LogP contribution in [0.25, 0.3) is 0 Å². The fourth-order valence-electron chi connectivity index (χ4n) is 4.03. The van der Waals surface area contributed by atoms with Crippen molar-refractivity contribution in [2.45, 2.75) is 38.1 Å². The lowest BCUT2D eigenvalue weighted by Gasteiger charge is -2.33. The molecule has 3 atom stereocenters. The average Bonchev–Trinajstić information content (AvgIpc) is 2.67. The van der Waals surface area contributed by atoms with E-state index in [4.69, 9.17) is 0 Å². The van der Waals surface area contributed by atoms with Crippen molar-refractivity contribution in [1.29, 1.82) is 0 Å². The molecule has 4 heteroatoms. The van der Waals surface area contributed by atoms with E-state index < -0.39 is 0 Å². The number of aryl methyl sites for hydroxylation is 1. The van der Waals surface area contributed by atoms with Gasteiger partial charge in [-0.3, -0.25) is 4.79 Å². The summed E-state index contributed by atoms with van der Waals surface area (Å²) in [7, 11) is 1.81. The van der Waals surface area contributed by atoms with Gasteiger partial charge in [-0.05, 0) is 36.5 Å². The summed E-state index contributed by atoms with van der Waals surface area (Å²) in [6.07, 6.45) is 1.92. The van der Waals surface area contributed by atoms with Gasteiger partial charge in [-0.15, -0.1) is 0 Å². The third-order valence-corrected chi connectivity index (χ3v) is 5.59. The second-order valence-electron chi connectivity index (χ2n) is 7.30. The number of hydrogen-bond donors (Lipinski definition) is 0. The molecule has 4 nitrogen and oxygen atoms in total. The summed E-state index contributed by atoms with van der Waals surface area (Å²) in [5.74, 6) is 0.415. The minimum atomic E-state index is -0.296. The van der Waals surface area contributed by atoms with Crippen molar-refractivity contribution >= 4 is 5.91 Å². The summed E-state index contributed by atoms with van der Waals surface area (Å²) in [5, 5.41) is 3.50. The Balaban J connectivity index is 1.88. The lowest BCUT2D eigenvalue weighted by Crippen LogP contribution is -2.41. The Labute approximate surface area is 155 Å². The molecule has 0 aromatic heterocycles. The van der Waals surface area contributed by atoms with Crippen LogP contribution in [0, 0.1) is 17.7 Å². The summed E-state index contributed by atoms with van der Waals surface area (Å²) in [4.78, 5) is 25.2. The lowest BCUT2D eigenvalue weighted by molar-refractivity contribution is -0.133. The van der Waals surface area contributed by atoms with Gasteiger partial charge in [0.1, 0.15) is 0 Å². The summed E-state index contributed by atoms with van der Waals surface area (Å²) >= 11 is 0. The van der Waals surface area contributed by atoms with E-state index in [2.05, 4.69) is 42.4 Å². The van der Waals surface area contributed by atoms with Crippen LogP contribution in [0.3, 0.4) is 0 Å². The molecule has 1 saturated heterocycles. The highest BCUT2D eigenvalue weighted by atomic mass is 16.3. The van der Waals surface area contributed by atoms with E-state index in [0.29, 0.717) is 19.4 Å². The maximum absolute atomic E-state index is 11.8. The molecule has 1 aliphatic rings. The average molecular weight is 350 g/mol. The number of rotatable bonds is 6. The zero-order valence-corrected chi connectivity index (χ0v) is 15.5. The SMILES string of the molecule is Cc1ccccc1[C@H](CC(N=O)C1CCC(=O)N(C)C1)c1ccccc1. The van der Waals surface area contributed by atoms with Gasteiger partial charge in [0.05, 0.1) is 6.04 Å². The maximum Gasteiger partial charge on any atom is 0.222 e. The van der Waals surface area contributed by atoms with Gasteiger partial charge in [0.2, 0.25) is 5.91 Å². The molecule has 1 amide bonds. The van der Waals surface area contributed by atoms with Crippen LogP contribution >= 0.6 is 0 Å². The molecule has 0 N–H and O–H groups in total. The Morgan fingerprint density at radius 1 is 1.12 bits per heavy atom. The number of nitrogens with zero attached hydrogens (tertiary/aromatic N) is 2. The molecule has 0 saturated carbocycles. The first-order chi connectivity index (χ1) is 12.6. The van der Waals surface area contributed by atoms with E-state index in [1.54, 1.807) is 4.90 Å². The third kappa shape index (κ3) is 4.01. The number of carbonyl (C=O) groups excluding carboxylic acids is 1. The highest BCUT2D eigenvalue weighted by Gasteiger charge is 2.32. The topological polar surface area (TPSA) is 49.7 Å². The van der Waals surface area contributed by atoms with Crippen molar-refractivity contribution in [3.8, 4) is 0 Å². The second kappa shape index (κ2) is 8.26. The van der Waals surface area contributed by atoms with Crippen molar-refractivity contribution in [1.82, 2.24) is 4.90 Å². The van der Waals surface area contributed by atoms with E-state index >= 15 is 0 Å². The Kier molecular flexibility index (Phi) is 5.82. The number of amides is 1. The Morgan fingerprint density at radius 2 is 1.81 bits per heavy atom. The molecule has 2 aromatic rings. The zero-order valence-electron chi connectivity index (χ0n) is 15.5. The number of piperidine rings is 1. The van der Waals surface area contributed by atoms with Crippen molar-refractivity contribution in [2.75, 3.05) is 13.6 Å². The molecule has 1 fully saturated rings. The minimum Gasteiger partial charge on any atom is -0.345 e. The van der Waals surface area contributed by atoms with E-state index in [9.17, 15) is 9.70 Å². The van der Waals surface area contributed by atoms with Crippen LogP contribution in [-0.2, 0) is 4.79 Å². The monoisotopic (exact) mass is 350 g/mol. The van der Waals surface area contributed by atoms with Crippen molar-refractivity contribution in [2.24, 2.45) is 11.1 Å². The van der Waals surface area contributed by atoms with Crippen molar-refractivity contribution in [3.05, 3.63) is 76.2 Å². The van der Waals surface area contributed by atoms with Gasteiger partial charge in [-0.2, -0.15) is 4.91 Å². The smallest absolute Gasteiger partial charge is 0.222 e. The van der Waals surface area contributed by atoms with Crippen LogP contribution in [0.2, 0.25) is 0 Å². The number of benzene rings is 2. The largest absolute Gasteiger partial charge is 0.345 e. The number of hydrogen-bond acceptors (Lipinski definition) is 3. The van der Waals surface area contributed by atoms with Gasteiger partial charge in [0.25, 0.3) is 0 Å². The molecule has 0 bridgehead atoms. The lowest BCUT2D eigenvalue weighted by atomic mass is 9.79. The molecule has 136 valence electrons. The normalized spacial score (nSPS) is 19.8. The minimum absolute atomic E-state index is 0.128. The molecule has 1 aliphatic heterocycles. The van der Waals surface area contributed by atoms with Gasteiger partial charge in [0, 0.05) is 31.8 Å². The summed E-state index contributed by atoms with van der Waals surface area (Å²) in [6.45, 7) is 2.73. The van der Waals surface area contributed by atoms with Crippen LogP contribution < -0.4 is 0 Å². The van der Waals surface area contributed by atoms with Gasteiger partial charge in [0.15, 0.2) is 0 Å². The van der Waals surface area contributed by atoms with E-state index in [1.165, 1.54) is 16.7 Å². The van der Waals surface area contributed by atoms with Crippen LogP contribution in [0.4, 0.5) is 0 Å². The summed E-state index contributed by atoms with van der Waals surface area (Å²) in [5.41, 5.74) is 3.67. The standard InChI is InChI=1S/C22H26N2O2/c1-16-8-6-7-11-19(16)20(17-9-4-3-5-10-17)14-21(23-26)18-12-13-22(25)24(2)15-18/h3-11,18,20-21H,12-15H2,1-2H3/t18?,20-,21?/m1/s1. The van der Waals surface area contributed by atoms with Gasteiger partial charge >= 0.3 is 0 Å². The molecular weight excluding hydrogens is 324 g/mol. The molecule has 1 heterocycles. The fourth-order valence-corrected chi connectivity index (χ4v) is 4.03. The Bertz CT molecular complexity index is 760. The number of nitroso groups, excluding NO2 is 1. The molecule has 0 radical (unpaired) electrons. The van der Waals surface area contributed by atoms with Crippen LogP contribution in [0.15, 0.2) is 59.8 Å². The van der Waals surface area contributed by atoms with Crippen molar-refractivity contribution in [3.63, 3.8) is 0 Å². The molecule has 2 aromatic carbocycles. The fraction of sp³-hybridized carbons (Fsp3) is 0.409. The summed E-state index contributed by atoms with van der Waals surface area (Å²) < 4.78 is 0. The Morgan fingerprint density at radius 3 is 2.46 bits per heavy atom. The Hall–Kier alpha value is -2.49. The first-order valence-corrected chi connectivity index (χ1v) is 9.27.